The molecule has 0 saturated carbocycles. The topological polar surface area (TPSA) is 15.3 Å². The molecule has 0 bridgehead atoms. The Morgan fingerprint density at radius 2 is 1.83 bits per heavy atom. The first kappa shape index (κ1) is 12.2. The number of fused-ring (bicyclic) bond motifs is 1. The Labute approximate surface area is 110 Å². The first-order chi connectivity index (χ1) is 8.74. The van der Waals surface area contributed by atoms with Gasteiger partial charge in [-0.1, -0.05) is 24.6 Å². The molecule has 98 valence electrons. The van der Waals surface area contributed by atoms with Crippen molar-refractivity contribution in [2.45, 2.75) is 64.8 Å². The van der Waals surface area contributed by atoms with Gasteiger partial charge in [-0.05, 0) is 43.4 Å². The van der Waals surface area contributed by atoms with Gasteiger partial charge in [0.25, 0.3) is 0 Å². The Morgan fingerprint density at radius 3 is 2.61 bits per heavy atom. The lowest BCUT2D eigenvalue weighted by Gasteiger charge is -2.39. The van der Waals surface area contributed by atoms with Crippen LogP contribution in [0.15, 0.2) is 18.2 Å². The normalized spacial score (nSPS) is 28.3. The van der Waals surface area contributed by atoms with Gasteiger partial charge < -0.3 is 5.32 Å². The molecule has 2 heterocycles. The summed E-state index contributed by atoms with van der Waals surface area (Å²) in [4.78, 5) is 2.67. The Hall–Kier alpha value is -0.860. The SMILES string of the molecule is C[C@@H]1CCC[C@H](C)N1Cc1ccc2c(c1)CNC2. The maximum Gasteiger partial charge on any atom is 0.0239 e. The van der Waals surface area contributed by atoms with Gasteiger partial charge in [0.15, 0.2) is 0 Å². The van der Waals surface area contributed by atoms with E-state index in [0.29, 0.717) is 0 Å². The molecule has 1 saturated heterocycles. The van der Waals surface area contributed by atoms with E-state index in [1.807, 2.05) is 0 Å². The Morgan fingerprint density at radius 1 is 1.11 bits per heavy atom. The molecule has 0 radical (unpaired) electrons. The molecule has 2 aliphatic heterocycles. The number of nitrogens with one attached hydrogen (secondary N) is 1. The number of piperidine rings is 1. The predicted molar refractivity (Wildman–Crippen MR) is 75.3 cm³/mol. The van der Waals surface area contributed by atoms with Gasteiger partial charge in [0.2, 0.25) is 0 Å². The summed E-state index contributed by atoms with van der Waals surface area (Å²) >= 11 is 0. The minimum Gasteiger partial charge on any atom is -0.309 e. The maximum atomic E-state index is 3.42. The monoisotopic (exact) mass is 244 g/mol. The van der Waals surface area contributed by atoms with Crippen LogP contribution in [0.2, 0.25) is 0 Å². The zero-order valence-corrected chi connectivity index (χ0v) is 11.6. The lowest BCUT2D eigenvalue weighted by Crippen LogP contribution is -2.42. The third-order valence-electron chi connectivity index (χ3n) is 4.64. The van der Waals surface area contributed by atoms with Crippen molar-refractivity contribution in [1.29, 1.82) is 0 Å². The molecule has 0 unspecified atom stereocenters. The summed E-state index contributed by atoms with van der Waals surface area (Å²) in [5.74, 6) is 0. The first-order valence-corrected chi connectivity index (χ1v) is 7.31. The number of hydrogen-bond donors (Lipinski definition) is 1. The van der Waals surface area contributed by atoms with Crippen molar-refractivity contribution in [3.8, 4) is 0 Å². The lowest BCUT2D eigenvalue weighted by molar-refractivity contribution is 0.0952. The second-order valence-electron chi connectivity index (χ2n) is 6.01. The molecular formula is C16H24N2. The minimum atomic E-state index is 0.736. The van der Waals surface area contributed by atoms with Crippen LogP contribution < -0.4 is 5.32 Å². The highest BCUT2D eigenvalue weighted by atomic mass is 15.2. The molecule has 1 aromatic carbocycles. The van der Waals surface area contributed by atoms with Crippen molar-refractivity contribution in [2.75, 3.05) is 0 Å². The highest BCUT2D eigenvalue weighted by molar-refractivity contribution is 5.34. The molecule has 2 aliphatic rings. The van der Waals surface area contributed by atoms with Gasteiger partial charge in [0, 0.05) is 31.7 Å². The fourth-order valence-electron chi connectivity index (χ4n) is 3.44. The van der Waals surface area contributed by atoms with E-state index in [1.54, 1.807) is 0 Å². The summed E-state index contributed by atoms with van der Waals surface area (Å²) in [5.41, 5.74) is 4.47. The van der Waals surface area contributed by atoms with Crippen molar-refractivity contribution >= 4 is 0 Å². The summed E-state index contributed by atoms with van der Waals surface area (Å²) in [6.45, 7) is 7.98. The van der Waals surface area contributed by atoms with E-state index >= 15 is 0 Å². The molecule has 18 heavy (non-hydrogen) atoms. The quantitative estimate of drug-likeness (QED) is 0.860. The highest BCUT2D eigenvalue weighted by Gasteiger charge is 2.24. The number of benzene rings is 1. The van der Waals surface area contributed by atoms with E-state index in [0.717, 1.165) is 31.7 Å². The number of hydrogen-bond acceptors (Lipinski definition) is 2. The Kier molecular flexibility index (Phi) is 3.40. The summed E-state index contributed by atoms with van der Waals surface area (Å²) < 4.78 is 0. The number of likely N-dealkylation sites (tertiary alicyclic amines) is 1. The molecule has 3 rings (SSSR count). The van der Waals surface area contributed by atoms with Crippen LogP contribution in [0.4, 0.5) is 0 Å². The van der Waals surface area contributed by atoms with E-state index in [1.165, 1.54) is 36.0 Å². The lowest BCUT2D eigenvalue weighted by atomic mass is 9.96. The molecule has 0 aliphatic carbocycles. The van der Waals surface area contributed by atoms with Crippen LogP contribution in [-0.2, 0) is 19.6 Å². The second-order valence-corrected chi connectivity index (χ2v) is 6.01. The van der Waals surface area contributed by atoms with Gasteiger partial charge in [-0.25, -0.2) is 0 Å². The van der Waals surface area contributed by atoms with Gasteiger partial charge in [-0.2, -0.15) is 0 Å². The molecule has 0 amide bonds. The van der Waals surface area contributed by atoms with Gasteiger partial charge >= 0.3 is 0 Å². The van der Waals surface area contributed by atoms with Crippen molar-refractivity contribution in [3.63, 3.8) is 0 Å². The van der Waals surface area contributed by atoms with Crippen molar-refractivity contribution in [3.05, 3.63) is 34.9 Å². The average Bonchev–Trinajstić information content (AvgIpc) is 2.81. The third kappa shape index (κ3) is 2.32. The molecule has 0 aromatic heterocycles. The first-order valence-electron chi connectivity index (χ1n) is 7.31. The fraction of sp³-hybridized carbons (Fsp3) is 0.625. The van der Waals surface area contributed by atoms with Gasteiger partial charge in [-0.3, -0.25) is 4.90 Å². The Bertz CT molecular complexity index is 417. The average molecular weight is 244 g/mol. The largest absolute Gasteiger partial charge is 0.309 e. The molecular weight excluding hydrogens is 220 g/mol. The standard InChI is InChI=1S/C16H24N2/c1-12-4-3-5-13(2)18(12)11-14-6-7-15-9-17-10-16(15)8-14/h6-8,12-13,17H,3-5,9-11H2,1-2H3/t12-,13+. The maximum absolute atomic E-state index is 3.42. The molecule has 1 N–H and O–H groups in total. The zero-order chi connectivity index (χ0) is 12.5. The van der Waals surface area contributed by atoms with Crippen molar-refractivity contribution < 1.29 is 0 Å². The molecule has 2 atom stereocenters. The van der Waals surface area contributed by atoms with Crippen molar-refractivity contribution in [2.24, 2.45) is 0 Å². The predicted octanol–water partition coefficient (Wildman–Crippen LogP) is 3.05. The van der Waals surface area contributed by atoms with Crippen LogP contribution in [0, 0.1) is 0 Å². The van der Waals surface area contributed by atoms with E-state index in [9.17, 15) is 0 Å². The third-order valence-corrected chi connectivity index (χ3v) is 4.64. The van der Waals surface area contributed by atoms with Crippen LogP contribution >= 0.6 is 0 Å². The Balaban J connectivity index is 1.75. The van der Waals surface area contributed by atoms with Crippen LogP contribution in [0.25, 0.3) is 0 Å². The van der Waals surface area contributed by atoms with Crippen LogP contribution in [-0.4, -0.2) is 17.0 Å². The second kappa shape index (κ2) is 5.02. The minimum absolute atomic E-state index is 0.736. The summed E-state index contributed by atoms with van der Waals surface area (Å²) in [6.07, 6.45) is 4.11. The van der Waals surface area contributed by atoms with E-state index in [4.69, 9.17) is 0 Å². The summed E-state index contributed by atoms with van der Waals surface area (Å²) in [7, 11) is 0. The molecule has 1 aromatic rings. The highest BCUT2D eigenvalue weighted by Crippen LogP contribution is 2.25. The molecule has 2 nitrogen and oxygen atoms in total. The van der Waals surface area contributed by atoms with E-state index < -0.39 is 0 Å². The van der Waals surface area contributed by atoms with Gasteiger partial charge in [0.05, 0.1) is 0 Å². The summed E-state index contributed by atoms with van der Waals surface area (Å²) in [6, 6.07) is 8.51. The summed E-state index contributed by atoms with van der Waals surface area (Å²) in [5, 5.41) is 3.42. The molecule has 1 fully saturated rings. The molecule has 2 heteroatoms. The number of nitrogens with zero attached hydrogens (tertiary/aromatic N) is 1. The van der Waals surface area contributed by atoms with E-state index in [-0.39, 0.29) is 0 Å². The van der Waals surface area contributed by atoms with Crippen LogP contribution in [0.5, 0.6) is 0 Å². The van der Waals surface area contributed by atoms with E-state index in [2.05, 4.69) is 42.3 Å². The zero-order valence-electron chi connectivity index (χ0n) is 11.6. The van der Waals surface area contributed by atoms with Crippen molar-refractivity contribution in [1.82, 2.24) is 10.2 Å². The van der Waals surface area contributed by atoms with Crippen LogP contribution in [0.1, 0.15) is 49.8 Å². The number of rotatable bonds is 2. The molecule has 0 spiro atoms. The van der Waals surface area contributed by atoms with Crippen LogP contribution in [0.3, 0.4) is 0 Å². The fourth-order valence-corrected chi connectivity index (χ4v) is 3.44. The van der Waals surface area contributed by atoms with Gasteiger partial charge in [0.1, 0.15) is 0 Å². The smallest absolute Gasteiger partial charge is 0.0239 e. The van der Waals surface area contributed by atoms with Gasteiger partial charge in [-0.15, -0.1) is 0 Å².